The van der Waals surface area contributed by atoms with Crippen LogP contribution in [-0.2, 0) is 0 Å². The maximum atomic E-state index is 13.1. The second kappa shape index (κ2) is 9.05. The number of alkyl halides is 1. The zero-order valence-corrected chi connectivity index (χ0v) is 15.4. The number of likely N-dealkylation sites (tertiary alicyclic amines) is 1. The van der Waals surface area contributed by atoms with E-state index in [9.17, 15) is 4.39 Å². The van der Waals surface area contributed by atoms with Gasteiger partial charge in [-0.25, -0.2) is 9.37 Å². The lowest BCUT2D eigenvalue weighted by atomic mass is 10.1. The second-order valence-electron chi connectivity index (χ2n) is 6.42. The van der Waals surface area contributed by atoms with Crippen molar-refractivity contribution >= 4 is 34.4 Å². The van der Waals surface area contributed by atoms with Gasteiger partial charge in [0.1, 0.15) is 11.3 Å². The molecule has 3 rings (SSSR count). The topological polar surface area (TPSA) is 67.4 Å². The molecule has 0 aromatic carbocycles. The first kappa shape index (κ1) is 18.7. The molecular formula is C19H23ClFN5. The molecule has 0 radical (unpaired) electrons. The van der Waals surface area contributed by atoms with Gasteiger partial charge in [0.2, 0.25) is 0 Å². The molecule has 2 aromatic heterocycles. The number of aliphatic imine (C=N–C) groups is 1. The first-order chi connectivity index (χ1) is 12.7. The van der Waals surface area contributed by atoms with Crippen molar-refractivity contribution in [1.29, 1.82) is 0 Å². The Morgan fingerprint density at radius 2 is 2.15 bits per heavy atom. The SMILES string of the molecule is NC=C(C=NCCCN1CCC(F)CC1)c1cnc2ccc(Cl)nc2c1. The van der Waals surface area contributed by atoms with Gasteiger partial charge >= 0.3 is 0 Å². The van der Waals surface area contributed by atoms with Gasteiger partial charge in [-0.2, -0.15) is 0 Å². The minimum Gasteiger partial charge on any atom is -0.404 e. The van der Waals surface area contributed by atoms with E-state index >= 15 is 0 Å². The molecule has 0 spiro atoms. The Morgan fingerprint density at radius 3 is 2.92 bits per heavy atom. The van der Waals surface area contributed by atoms with Crippen LogP contribution < -0.4 is 5.73 Å². The summed E-state index contributed by atoms with van der Waals surface area (Å²) in [4.78, 5) is 15.4. The molecule has 1 saturated heterocycles. The molecule has 3 heterocycles. The van der Waals surface area contributed by atoms with Crippen LogP contribution in [0, 0.1) is 0 Å². The van der Waals surface area contributed by atoms with Crippen molar-refractivity contribution in [3.63, 3.8) is 0 Å². The van der Waals surface area contributed by atoms with Crippen molar-refractivity contribution in [3.8, 4) is 0 Å². The molecule has 2 aromatic rings. The molecule has 0 aliphatic carbocycles. The molecule has 0 bridgehead atoms. The van der Waals surface area contributed by atoms with Gasteiger partial charge in [0.25, 0.3) is 0 Å². The monoisotopic (exact) mass is 375 g/mol. The molecular weight excluding hydrogens is 353 g/mol. The molecule has 0 atom stereocenters. The largest absolute Gasteiger partial charge is 0.404 e. The fourth-order valence-electron chi connectivity index (χ4n) is 3.03. The smallest absolute Gasteiger partial charge is 0.129 e. The van der Waals surface area contributed by atoms with Gasteiger partial charge in [-0.1, -0.05) is 11.6 Å². The van der Waals surface area contributed by atoms with Gasteiger partial charge in [-0.3, -0.25) is 9.98 Å². The van der Waals surface area contributed by atoms with Gasteiger partial charge in [0.15, 0.2) is 0 Å². The van der Waals surface area contributed by atoms with Gasteiger partial charge in [0.05, 0.1) is 11.0 Å². The molecule has 1 aliphatic heterocycles. The third kappa shape index (κ3) is 4.99. The number of nitrogens with zero attached hydrogens (tertiary/aromatic N) is 4. The van der Waals surface area contributed by atoms with Crippen molar-refractivity contribution in [2.45, 2.75) is 25.4 Å². The molecule has 0 unspecified atom stereocenters. The number of fused-ring (bicyclic) bond motifs is 1. The highest BCUT2D eigenvalue weighted by Gasteiger charge is 2.17. The van der Waals surface area contributed by atoms with Crippen molar-refractivity contribution in [2.75, 3.05) is 26.2 Å². The zero-order valence-electron chi connectivity index (χ0n) is 14.6. The van der Waals surface area contributed by atoms with E-state index in [1.54, 1.807) is 18.5 Å². The van der Waals surface area contributed by atoms with Crippen molar-refractivity contribution in [1.82, 2.24) is 14.9 Å². The Balaban J connectivity index is 1.55. The van der Waals surface area contributed by atoms with Crippen LogP contribution in [0.3, 0.4) is 0 Å². The first-order valence-corrected chi connectivity index (χ1v) is 9.24. The third-order valence-electron chi connectivity index (χ3n) is 4.53. The summed E-state index contributed by atoms with van der Waals surface area (Å²) in [5.74, 6) is 0. The van der Waals surface area contributed by atoms with Crippen LogP contribution in [0.15, 0.2) is 35.6 Å². The standard InChI is InChI=1S/C19H23ClFN5/c20-19-3-2-17-18(25-19)10-14(13-24-17)15(11-22)12-23-6-1-7-26-8-4-16(21)5-9-26/h2-3,10-13,16H,1,4-9,22H2. The maximum Gasteiger partial charge on any atom is 0.129 e. The van der Waals surface area contributed by atoms with E-state index in [0.29, 0.717) is 24.5 Å². The van der Waals surface area contributed by atoms with Gasteiger partial charge in [-0.15, -0.1) is 0 Å². The van der Waals surface area contributed by atoms with E-state index in [2.05, 4.69) is 19.9 Å². The van der Waals surface area contributed by atoms with Gasteiger partial charge in [-0.05, 0) is 44.0 Å². The summed E-state index contributed by atoms with van der Waals surface area (Å²) in [6.45, 7) is 3.35. The maximum absolute atomic E-state index is 13.1. The van der Waals surface area contributed by atoms with Gasteiger partial charge < -0.3 is 10.6 Å². The fourth-order valence-corrected chi connectivity index (χ4v) is 3.18. The molecule has 138 valence electrons. The molecule has 2 N–H and O–H groups in total. The highest BCUT2D eigenvalue weighted by Crippen LogP contribution is 2.18. The summed E-state index contributed by atoms with van der Waals surface area (Å²) in [5.41, 5.74) is 8.90. The summed E-state index contributed by atoms with van der Waals surface area (Å²) in [5, 5.41) is 0.431. The van der Waals surface area contributed by atoms with Crippen molar-refractivity contribution in [3.05, 3.63) is 41.3 Å². The molecule has 7 heteroatoms. The lowest BCUT2D eigenvalue weighted by Gasteiger charge is -2.28. The normalized spacial score (nSPS) is 17.4. The van der Waals surface area contributed by atoms with Crippen LogP contribution in [-0.4, -0.2) is 53.4 Å². The Bertz CT molecular complexity index is 800. The number of halogens is 2. The number of nitrogens with two attached hydrogens (primary N) is 1. The van der Waals surface area contributed by atoms with Crippen LogP contribution >= 0.6 is 11.6 Å². The summed E-state index contributed by atoms with van der Waals surface area (Å²) in [6.07, 6.45) is 6.65. The Kier molecular flexibility index (Phi) is 6.52. The number of piperidine rings is 1. The van der Waals surface area contributed by atoms with E-state index in [1.807, 2.05) is 12.1 Å². The fraction of sp³-hybridized carbons (Fsp3) is 0.421. The number of hydrogen-bond donors (Lipinski definition) is 1. The quantitative estimate of drug-likeness (QED) is 0.477. The predicted molar refractivity (Wildman–Crippen MR) is 105 cm³/mol. The second-order valence-corrected chi connectivity index (χ2v) is 6.81. The zero-order chi connectivity index (χ0) is 18.4. The van der Waals surface area contributed by atoms with Crippen molar-refractivity contribution < 1.29 is 4.39 Å². The Labute approximate surface area is 157 Å². The number of aromatic nitrogens is 2. The van der Waals surface area contributed by atoms with Crippen LogP contribution in [0.2, 0.25) is 5.15 Å². The highest BCUT2D eigenvalue weighted by molar-refractivity contribution is 6.29. The molecule has 26 heavy (non-hydrogen) atoms. The minimum absolute atomic E-state index is 0.431. The third-order valence-corrected chi connectivity index (χ3v) is 4.74. The predicted octanol–water partition coefficient (Wildman–Crippen LogP) is 3.48. The molecule has 1 fully saturated rings. The summed E-state index contributed by atoms with van der Waals surface area (Å²) >= 11 is 5.95. The molecule has 1 aliphatic rings. The van der Waals surface area contributed by atoms with E-state index in [4.69, 9.17) is 17.3 Å². The van der Waals surface area contributed by atoms with Gasteiger partial charge in [0, 0.05) is 49.4 Å². The highest BCUT2D eigenvalue weighted by atomic mass is 35.5. The van der Waals surface area contributed by atoms with E-state index in [1.165, 1.54) is 6.20 Å². The molecule has 0 amide bonds. The minimum atomic E-state index is -0.624. The summed E-state index contributed by atoms with van der Waals surface area (Å²) < 4.78 is 13.1. The van der Waals surface area contributed by atoms with Crippen LogP contribution in [0.25, 0.3) is 16.6 Å². The number of rotatable bonds is 6. The lowest BCUT2D eigenvalue weighted by Crippen LogP contribution is -2.35. The molecule has 0 saturated carbocycles. The molecule has 5 nitrogen and oxygen atoms in total. The van der Waals surface area contributed by atoms with E-state index < -0.39 is 6.17 Å². The summed E-state index contributed by atoms with van der Waals surface area (Å²) in [6, 6.07) is 5.45. The first-order valence-electron chi connectivity index (χ1n) is 8.86. The van der Waals surface area contributed by atoms with Crippen LogP contribution in [0.5, 0.6) is 0 Å². The summed E-state index contributed by atoms with van der Waals surface area (Å²) in [7, 11) is 0. The average molecular weight is 376 g/mol. The van der Waals surface area contributed by atoms with E-state index in [-0.39, 0.29) is 0 Å². The van der Waals surface area contributed by atoms with Crippen LogP contribution in [0.4, 0.5) is 4.39 Å². The number of hydrogen-bond acceptors (Lipinski definition) is 5. The number of pyridine rings is 2. The Morgan fingerprint density at radius 1 is 1.35 bits per heavy atom. The Hall–Kier alpha value is -2.05. The van der Waals surface area contributed by atoms with E-state index in [0.717, 1.165) is 48.2 Å². The van der Waals surface area contributed by atoms with Crippen molar-refractivity contribution in [2.24, 2.45) is 10.7 Å². The lowest BCUT2D eigenvalue weighted by molar-refractivity contribution is 0.150. The average Bonchev–Trinajstić information content (AvgIpc) is 2.65. The number of allylic oxidation sites excluding steroid dienone is 1. The van der Waals surface area contributed by atoms with Crippen LogP contribution in [0.1, 0.15) is 24.8 Å².